The molecular weight excluding hydrogens is 184 g/mol. The molecule has 15 heavy (non-hydrogen) atoms. The molecule has 0 bridgehead atoms. The number of hydrogen-bond acceptors (Lipinski definition) is 1. The van der Waals surface area contributed by atoms with Gasteiger partial charge in [-0.2, -0.15) is 0 Å². The second-order valence-corrected chi connectivity index (χ2v) is 5.11. The lowest BCUT2D eigenvalue weighted by Crippen LogP contribution is -2.50. The zero-order chi connectivity index (χ0) is 11.0. The third-order valence-electron chi connectivity index (χ3n) is 3.87. The van der Waals surface area contributed by atoms with E-state index in [1.54, 1.807) is 0 Å². The van der Waals surface area contributed by atoms with Gasteiger partial charge in [-0.25, -0.2) is 0 Å². The van der Waals surface area contributed by atoms with Gasteiger partial charge in [0.2, 0.25) is 0 Å². The third-order valence-corrected chi connectivity index (χ3v) is 3.87. The number of aliphatic hydroxyl groups is 1. The molecule has 1 heteroatoms. The molecule has 4 unspecified atom stereocenters. The highest BCUT2D eigenvalue weighted by atomic mass is 16.3. The Labute approximate surface area is 92.1 Å². The van der Waals surface area contributed by atoms with Crippen molar-refractivity contribution in [3.63, 3.8) is 0 Å². The van der Waals surface area contributed by atoms with Crippen molar-refractivity contribution in [1.82, 2.24) is 0 Å². The van der Waals surface area contributed by atoms with Crippen molar-refractivity contribution in [2.75, 3.05) is 0 Å². The standard InChI is InChI=1S/C14H20O/c1-9(2)12-13(10(3)14(12)15)11-7-5-4-6-8-11/h4-10,12-15H,1-3H3. The van der Waals surface area contributed by atoms with E-state index in [4.69, 9.17) is 0 Å². The van der Waals surface area contributed by atoms with Crippen LogP contribution < -0.4 is 0 Å². The number of aliphatic hydroxyl groups excluding tert-OH is 1. The largest absolute Gasteiger partial charge is 0.393 e. The molecule has 0 amide bonds. The molecule has 1 aliphatic rings. The van der Waals surface area contributed by atoms with Crippen LogP contribution in [0.5, 0.6) is 0 Å². The van der Waals surface area contributed by atoms with E-state index in [1.165, 1.54) is 5.56 Å². The first-order valence-corrected chi connectivity index (χ1v) is 5.86. The number of rotatable bonds is 2. The molecule has 1 nitrogen and oxygen atoms in total. The maximum atomic E-state index is 9.98. The Bertz CT molecular complexity index is 317. The summed E-state index contributed by atoms with van der Waals surface area (Å²) >= 11 is 0. The molecule has 0 heterocycles. The van der Waals surface area contributed by atoms with E-state index < -0.39 is 0 Å². The van der Waals surface area contributed by atoms with Gasteiger partial charge < -0.3 is 5.11 Å². The first-order chi connectivity index (χ1) is 7.13. The van der Waals surface area contributed by atoms with E-state index in [0.29, 0.717) is 23.7 Å². The van der Waals surface area contributed by atoms with Gasteiger partial charge >= 0.3 is 0 Å². The van der Waals surface area contributed by atoms with Gasteiger partial charge in [-0.15, -0.1) is 0 Å². The monoisotopic (exact) mass is 204 g/mol. The van der Waals surface area contributed by atoms with Crippen LogP contribution in [0.1, 0.15) is 32.3 Å². The predicted octanol–water partition coefficient (Wildman–Crippen LogP) is 3.05. The minimum Gasteiger partial charge on any atom is -0.393 e. The van der Waals surface area contributed by atoms with Crippen LogP contribution in [-0.4, -0.2) is 11.2 Å². The average Bonchev–Trinajstić information content (AvgIpc) is 2.25. The molecule has 1 N–H and O–H groups in total. The summed E-state index contributed by atoms with van der Waals surface area (Å²) in [6.07, 6.45) is -0.116. The molecule has 0 aliphatic heterocycles. The van der Waals surface area contributed by atoms with Crippen molar-refractivity contribution < 1.29 is 5.11 Å². The maximum absolute atomic E-state index is 9.98. The molecule has 0 radical (unpaired) electrons. The highest BCUT2D eigenvalue weighted by molar-refractivity contribution is 5.25. The van der Waals surface area contributed by atoms with Gasteiger partial charge in [0.15, 0.2) is 0 Å². The molecule has 1 saturated carbocycles. The van der Waals surface area contributed by atoms with Crippen LogP contribution in [0, 0.1) is 17.8 Å². The van der Waals surface area contributed by atoms with Crippen molar-refractivity contribution >= 4 is 0 Å². The van der Waals surface area contributed by atoms with Crippen LogP contribution in [0.2, 0.25) is 0 Å². The predicted molar refractivity (Wildman–Crippen MR) is 62.7 cm³/mol. The smallest absolute Gasteiger partial charge is 0.0608 e. The lowest BCUT2D eigenvalue weighted by atomic mass is 9.57. The summed E-state index contributed by atoms with van der Waals surface area (Å²) in [6, 6.07) is 10.6. The minimum absolute atomic E-state index is 0.116. The quantitative estimate of drug-likeness (QED) is 0.785. The summed E-state index contributed by atoms with van der Waals surface area (Å²) in [5, 5.41) is 9.98. The highest BCUT2D eigenvalue weighted by Gasteiger charge is 2.48. The summed E-state index contributed by atoms with van der Waals surface area (Å²) in [6.45, 7) is 6.56. The highest BCUT2D eigenvalue weighted by Crippen LogP contribution is 2.50. The Balaban J connectivity index is 2.22. The normalized spacial score (nSPS) is 35.3. The Morgan fingerprint density at radius 1 is 1.13 bits per heavy atom. The Hall–Kier alpha value is -0.820. The lowest BCUT2D eigenvalue weighted by molar-refractivity contribution is -0.0781. The fourth-order valence-electron chi connectivity index (χ4n) is 2.99. The van der Waals surface area contributed by atoms with Crippen LogP contribution in [0.15, 0.2) is 30.3 Å². The van der Waals surface area contributed by atoms with Gasteiger partial charge in [0.1, 0.15) is 0 Å². The van der Waals surface area contributed by atoms with E-state index >= 15 is 0 Å². The van der Waals surface area contributed by atoms with Gasteiger partial charge in [-0.3, -0.25) is 0 Å². The van der Waals surface area contributed by atoms with Crippen molar-refractivity contribution in [3.05, 3.63) is 35.9 Å². The van der Waals surface area contributed by atoms with Crippen LogP contribution in [0.4, 0.5) is 0 Å². The van der Waals surface area contributed by atoms with Crippen LogP contribution >= 0.6 is 0 Å². The molecule has 1 aliphatic carbocycles. The lowest BCUT2D eigenvalue weighted by Gasteiger charge is -2.50. The first-order valence-electron chi connectivity index (χ1n) is 5.86. The average molecular weight is 204 g/mol. The Kier molecular flexibility index (Phi) is 2.83. The maximum Gasteiger partial charge on any atom is 0.0608 e. The summed E-state index contributed by atoms with van der Waals surface area (Å²) in [4.78, 5) is 0. The van der Waals surface area contributed by atoms with E-state index in [2.05, 4.69) is 45.0 Å². The minimum atomic E-state index is -0.116. The van der Waals surface area contributed by atoms with Crippen molar-refractivity contribution in [2.24, 2.45) is 17.8 Å². The molecule has 0 aromatic heterocycles. The fourth-order valence-corrected chi connectivity index (χ4v) is 2.99. The SMILES string of the molecule is CC(C)C1C(O)C(C)C1c1ccccc1. The first kappa shape index (κ1) is 10.7. The van der Waals surface area contributed by atoms with Gasteiger partial charge in [0, 0.05) is 0 Å². The van der Waals surface area contributed by atoms with Crippen molar-refractivity contribution in [1.29, 1.82) is 0 Å². The van der Waals surface area contributed by atoms with Crippen molar-refractivity contribution in [2.45, 2.75) is 32.8 Å². The van der Waals surface area contributed by atoms with E-state index in [1.807, 2.05) is 6.07 Å². The molecule has 1 aromatic rings. The zero-order valence-electron chi connectivity index (χ0n) is 9.72. The van der Waals surface area contributed by atoms with E-state index in [0.717, 1.165) is 0 Å². The summed E-state index contributed by atoms with van der Waals surface area (Å²) in [7, 11) is 0. The molecular formula is C14H20O. The van der Waals surface area contributed by atoms with Gasteiger partial charge in [-0.1, -0.05) is 51.1 Å². The zero-order valence-corrected chi connectivity index (χ0v) is 9.72. The number of benzene rings is 1. The molecule has 2 rings (SSSR count). The van der Waals surface area contributed by atoms with E-state index in [9.17, 15) is 5.11 Å². The van der Waals surface area contributed by atoms with Gasteiger partial charge in [0.05, 0.1) is 6.10 Å². The molecule has 82 valence electrons. The Morgan fingerprint density at radius 3 is 2.27 bits per heavy atom. The number of hydrogen-bond donors (Lipinski definition) is 1. The van der Waals surface area contributed by atoms with Crippen LogP contribution in [0.3, 0.4) is 0 Å². The Morgan fingerprint density at radius 2 is 1.73 bits per heavy atom. The fraction of sp³-hybridized carbons (Fsp3) is 0.571. The van der Waals surface area contributed by atoms with Gasteiger partial charge in [0.25, 0.3) is 0 Å². The second-order valence-electron chi connectivity index (χ2n) is 5.11. The summed E-state index contributed by atoms with van der Waals surface area (Å²) in [5.41, 5.74) is 1.38. The van der Waals surface area contributed by atoms with Crippen molar-refractivity contribution in [3.8, 4) is 0 Å². The molecule has 1 fully saturated rings. The topological polar surface area (TPSA) is 20.2 Å². The van der Waals surface area contributed by atoms with Crippen LogP contribution in [-0.2, 0) is 0 Å². The third kappa shape index (κ3) is 1.69. The van der Waals surface area contributed by atoms with E-state index in [-0.39, 0.29) is 6.10 Å². The molecule has 4 atom stereocenters. The van der Waals surface area contributed by atoms with Crippen LogP contribution in [0.25, 0.3) is 0 Å². The van der Waals surface area contributed by atoms with Gasteiger partial charge in [-0.05, 0) is 29.2 Å². The summed E-state index contributed by atoms with van der Waals surface area (Å²) < 4.78 is 0. The molecule has 0 saturated heterocycles. The molecule has 0 spiro atoms. The molecule has 1 aromatic carbocycles. The second kappa shape index (κ2) is 3.97. The summed E-state index contributed by atoms with van der Waals surface area (Å²) in [5.74, 6) is 1.94.